The van der Waals surface area contributed by atoms with Crippen LogP contribution in [0.2, 0.25) is 0 Å². The molecule has 26 heavy (non-hydrogen) atoms. The zero-order valence-electron chi connectivity index (χ0n) is 15.2. The summed E-state index contributed by atoms with van der Waals surface area (Å²) in [5.41, 5.74) is 2.52. The van der Waals surface area contributed by atoms with Gasteiger partial charge in [-0.25, -0.2) is 0 Å². The van der Waals surface area contributed by atoms with E-state index in [1.165, 1.54) is 11.3 Å². The molecule has 3 fully saturated rings. The fourth-order valence-electron chi connectivity index (χ4n) is 4.77. The van der Waals surface area contributed by atoms with Gasteiger partial charge in [-0.1, -0.05) is 42.5 Å². The van der Waals surface area contributed by atoms with Gasteiger partial charge in [0.2, 0.25) is 5.91 Å². The Balaban J connectivity index is 1.49. The number of carbonyl (C=O) groups is 1. The van der Waals surface area contributed by atoms with Crippen LogP contribution >= 0.6 is 0 Å². The van der Waals surface area contributed by atoms with Crippen molar-refractivity contribution in [2.75, 3.05) is 7.05 Å². The second kappa shape index (κ2) is 5.94. The van der Waals surface area contributed by atoms with Gasteiger partial charge >= 0.3 is 0 Å². The predicted octanol–water partition coefficient (Wildman–Crippen LogP) is 1.01. The molecule has 1 aromatic carbocycles. The minimum atomic E-state index is -0.182. The molecule has 3 heterocycles. The molecule has 6 nitrogen and oxygen atoms in total. The topological polar surface area (TPSA) is 50.9 Å². The summed E-state index contributed by atoms with van der Waals surface area (Å²) in [5, 5.41) is 7.30. The summed E-state index contributed by atoms with van der Waals surface area (Å²) in [6.45, 7) is 2.92. The van der Waals surface area contributed by atoms with Crippen molar-refractivity contribution in [2.24, 2.45) is 0 Å². The van der Waals surface area contributed by atoms with E-state index in [9.17, 15) is 4.79 Å². The monoisotopic (exact) mass is 351 g/mol. The minimum absolute atomic E-state index is 0.00216. The number of hydrogen-bond donors (Lipinski definition) is 2. The minimum Gasteiger partial charge on any atom is -0.323 e. The summed E-state index contributed by atoms with van der Waals surface area (Å²) in [6, 6.07) is 10.5. The van der Waals surface area contributed by atoms with Gasteiger partial charge in [-0.15, -0.1) is 0 Å². The van der Waals surface area contributed by atoms with Crippen molar-refractivity contribution in [3.8, 4) is 0 Å². The van der Waals surface area contributed by atoms with E-state index in [0.29, 0.717) is 6.04 Å². The molecule has 5 rings (SSSR count). The second-order valence-corrected chi connectivity index (χ2v) is 7.59. The average molecular weight is 351 g/mol. The van der Waals surface area contributed by atoms with E-state index < -0.39 is 0 Å². The Labute approximate surface area is 154 Å². The number of nitrogens with zero attached hydrogens (tertiary/aromatic N) is 3. The van der Waals surface area contributed by atoms with Gasteiger partial charge in [0.15, 0.2) is 6.29 Å². The fraction of sp³-hybridized carbons (Fsp3) is 0.450. The number of carbonyl (C=O) groups excluding carboxylic acids is 1. The number of amides is 1. The van der Waals surface area contributed by atoms with E-state index in [2.05, 4.69) is 69.9 Å². The van der Waals surface area contributed by atoms with Gasteiger partial charge in [-0.3, -0.25) is 20.3 Å². The van der Waals surface area contributed by atoms with Crippen LogP contribution in [0.1, 0.15) is 18.9 Å². The quantitative estimate of drug-likeness (QED) is 0.833. The van der Waals surface area contributed by atoms with Crippen LogP contribution in [-0.4, -0.2) is 58.4 Å². The number of likely N-dealkylation sites (N-methyl/N-ethyl adjacent to an activating group) is 1. The highest BCUT2D eigenvalue weighted by Crippen LogP contribution is 2.37. The van der Waals surface area contributed by atoms with Gasteiger partial charge in [0.1, 0.15) is 12.2 Å². The van der Waals surface area contributed by atoms with Crippen LogP contribution in [0.4, 0.5) is 0 Å². The number of rotatable bonds is 2. The lowest BCUT2D eigenvalue weighted by Gasteiger charge is -2.46. The molecular formula is C20H25N5O. The molecule has 0 saturated carbocycles. The molecule has 0 aromatic heterocycles. The van der Waals surface area contributed by atoms with Crippen molar-refractivity contribution in [1.82, 2.24) is 25.3 Å². The molecule has 6 heteroatoms. The standard InChI is InChI=1S/C20H25N5O/c1-13-21-18-17(24(13)12-14-8-4-3-5-9-14)19(26)23(2)20-22-15-10-6-7-11-16(15)25(18)20/h3-9,11,13,15,17-18,20-22H,10,12H2,1-2H3/t13-,15?,17?,18?,20?/m1/s1. The highest BCUT2D eigenvalue weighted by molar-refractivity contribution is 5.84. The molecule has 4 aliphatic rings. The van der Waals surface area contributed by atoms with Crippen LogP contribution in [0, 0.1) is 0 Å². The number of hydrogen-bond acceptors (Lipinski definition) is 5. The van der Waals surface area contributed by atoms with Gasteiger partial charge < -0.3 is 9.80 Å². The zero-order chi connectivity index (χ0) is 17.8. The Morgan fingerprint density at radius 3 is 2.81 bits per heavy atom. The molecule has 1 aromatic rings. The molecule has 4 unspecified atom stereocenters. The summed E-state index contributed by atoms with van der Waals surface area (Å²) in [5.74, 6) is 0.184. The first-order chi connectivity index (χ1) is 12.6. The number of allylic oxidation sites excluding steroid dienone is 2. The first-order valence-electron chi connectivity index (χ1n) is 9.38. The zero-order valence-corrected chi connectivity index (χ0v) is 15.2. The van der Waals surface area contributed by atoms with Crippen molar-refractivity contribution in [3.63, 3.8) is 0 Å². The van der Waals surface area contributed by atoms with Gasteiger partial charge in [-0.2, -0.15) is 0 Å². The van der Waals surface area contributed by atoms with Crippen molar-refractivity contribution < 1.29 is 4.79 Å². The molecule has 0 bridgehead atoms. The third-order valence-corrected chi connectivity index (χ3v) is 6.08. The van der Waals surface area contributed by atoms with Gasteiger partial charge in [0.05, 0.1) is 12.2 Å². The van der Waals surface area contributed by atoms with E-state index in [-0.39, 0.29) is 30.6 Å². The Bertz CT molecular complexity index is 776. The number of nitrogens with one attached hydrogen (secondary N) is 2. The Morgan fingerprint density at radius 2 is 2.00 bits per heavy atom. The van der Waals surface area contributed by atoms with Crippen LogP contribution in [-0.2, 0) is 11.3 Å². The smallest absolute Gasteiger partial charge is 0.245 e. The third kappa shape index (κ3) is 2.26. The predicted molar refractivity (Wildman–Crippen MR) is 99.3 cm³/mol. The Morgan fingerprint density at radius 1 is 1.19 bits per heavy atom. The molecule has 136 valence electrons. The summed E-state index contributed by atoms with van der Waals surface area (Å²) >= 11 is 0. The lowest BCUT2D eigenvalue weighted by Crippen LogP contribution is -2.68. The maximum absolute atomic E-state index is 13.2. The van der Waals surface area contributed by atoms with Crippen molar-refractivity contribution in [1.29, 1.82) is 0 Å². The van der Waals surface area contributed by atoms with Crippen LogP contribution in [0.3, 0.4) is 0 Å². The Kier molecular flexibility index (Phi) is 3.67. The third-order valence-electron chi connectivity index (χ3n) is 6.08. The number of fused-ring (bicyclic) bond motifs is 5. The molecule has 5 atom stereocenters. The van der Waals surface area contributed by atoms with Crippen molar-refractivity contribution in [2.45, 2.75) is 50.6 Å². The van der Waals surface area contributed by atoms with Gasteiger partial charge in [0, 0.05) is 19.3 Å². The van der Waals surface area contributed by atoms with Gasteiger partial charge in [-0.05, 0) is 25.0 Å². The summed E-state index contributed by atoms with van der Waals surface area (Å²) < 4.78 is 0. The molecule has 1 aliphatic carbocycles. The molecule has 3 saturated heterocycles. The van der Waals surface area contributed by atoms with E-state index >= 15 is 0 Å². The molecular weight excluding hydrogens is 326 g/mol. The fourth-order valence-corrected chi connectivity index (χ4v) is 4.77. The molecule has 0 spiro atoms. The summed E-state index contributed by atoms with van der Waals surface area (Å²) in [4.78, 5) is 19.8. The molecule has 0 radical (unpaired) electrons. The van der Waals surface area contributed by atoms with Gasteiger partial charge in [0.25, 0.3) is 0 Å². The van der Waals surface area contributed by atoms with E-state index in [4.69, 9.17) is 0 Å². The van der Waals surface area contributed by atoms with Crippen molar-refractivity contribution in [3.05, 3.63) is 59.8 Å². The van der Waals surface area contributed by atoms with Crippen LogP contribution in [0.15, 0.2) is 54.3 Å². The molecule has 3 aliphatic heterocycles. The van der Waals surface area contributed by atoms with E-state index in [1.807, 2.05) is 18.0 Å². The SMILES string of the molecule is C[C@@H]1NC2C(C(=O)N(C)C3NC4CC=CC=C4N23)N1Cc1ccccc1. The van der Waals surface area contributed by atoms with Crippen molar-refractivity contribution >= 4 is 5.91 Å². The average Bonchev–Trinajstić information content (AvgIpc) is 3.19. The summed E-state index contributed by atoms with van der Waals surface area (Å²) in [6.07, 6.45) is 7.54. The molecule has 2 N–H and O–H groups in total. The summed E-state index contributed by atoms with van der Waals surface area (Å²) in [7, 11) is 1.91. The normalized spacial score (nSPS) is 36.0. The maximum Gasteiger partial charge on any atom is 0.245 e. The van der Waals surface area contributed by atoms with E-state index in [0.717, 1.165) is 13.0 Å². The van der Waals surface area contributed by atoms with Crippen LogP contribution in [0.25, 0.3) is 0 Å². The second-order valence-electron chi connectivity index (χ2n) is 7.59. The largest absolute Gasteiger partial charge is 0.323 e. The highest BCUT2D eigenvalue weighted by atomic mass is 16.2. The maximum atomic E-state index is 13.2. The van der Waals surface area contributed by atoms with Crippen LogP contribution < -0.4 is 10.6 Å². The lowest BCUT2D eigenvalue weighted by atomic mass is 10.0. The van der Waals surface area contributed by atoms with E-state index in [1.54, 1.807) is 0 Å². The molecule has 1 amide bonds. The lowest BCUT2D eigenvalue weighted by molar-refractivity contribution is -0.150. The first-order valence-corrected chi connectivity index (χ1v) is 9.38. The highest BCUT2D eigenvalue weighted by Gasteiger charge is 2.57. The van der Waals surface area contributed by atoms with Crippen LogP contribution in [0.5, 0.6) is 0 Å². The first kappa shape index (κ1) is 16.1. The Hall–Kier alpha value is -2.15. The number of benzene rings is 1.